The SMILES string of the molecule is C[C@@H]1CN(C=O)C[C@H](C)[C@]1(C)O. The highest BCUT2D eigenvalue weighted by atomic mass is 16.3. The first kappa shape index (κ1) is 9.52. The first-order valence-electron chi connectivity index (χ1n) is 4.40. The molecule has 3 nitrogen and oxygen atoms in total. The minimum absolute atomic E-state index is 0.159. The van der Waals surface area contributed by atoms with E-state index in [-0.39, 0.29) is 11.8 Å². The number of hydrogen-bond donors (Lipinski definition) is 1. The summed E-state index contributed by atoms with van der Waals surface area (Å²) in [5.41, 5.74) is -0.625. The summed E-state index contributed by atoms with van der Waals surface area (Å²) >= 11 is 0. The molecule has 0 aliphatic carbocycles. The van der Waals surface area contributed by atoms with Crippen LogP contribution in [0.15, 0.2) is 0 Å². The van der Waals surface area contributed by atoms with Crippen LogP contribution in [-0.2, 0) is 4.79 Å². The molecule has 1 aliphatic heterocycles. The van der Waals surface area contributed by atoms with Gasteiger partial charge in [0, 0.05) is 24.9 Å². The molecule has 0 spiro atoms. The van der Waals surface area contributed by atoms with E-state index in [0.29, 0.717) is 13.1 Å². The van der Waals surface area contributed by atoms with E-state index in [1.807, 2.05) is 20.8 Å². The number of rotatable bonds is 1. The monoisotopic (exact) mass is 171 g/mol. The molecule has 0 unspecified atom stereocenters. The molecular formula is C9H17NO2. The van der Waals surface area contributed by atoms with Gasteiger partial charge in [-0.1, -0.05) is 13.8 Å². The molecule has 1 heterocycles. The lowest BCUT2D eigenvalue weighted by molar-refractivity contribution is -0.131. The Hall–Kier alpha value is -0.570. The molecule has 0 aromatic rings. The predicted octanol–water partition coefficient (Wildman–Crippen LogP) is 0.482. The van der Waals surface area contributed by atoms with Crippen LogP contribution in [-0.4, -0.2) is 35.1 Å². The summed E-state index contributed by atoms with van der Waals surface area (Å²) in [7, 11) is 0. The van der Waals surface area contributed by atoms with Crippen LogP contribution in [0.1, 0.15) is 20.8 Å². The summed E-state index contributed by atoms with van der Waals surface area (Å²) in [6.45, 7) is 7.14. The normalized spacial score (nSPS) is 42.8. The zero-order valence-electron chi connectivity index (χ0n) is 7.95. The van der Waals surface area contributed by atoms with E-state index in [2.05, 4.69) is 0 Å². The summed E-state index contributed by atoms with van der Waals surface area (Å²) in [5.74, 6) is 0.317. The van der Waals surface area contributed by atoms with E-state index in [9.17, 15) is 9.90 Å². The molecule has 0 radical (unpaired) electrons. The number of carbonyl (C=O) groups excluding carboxylic acids is 1. The quantitative estimate of drug-likeness (QED) is 0.583. The Kier molecular flexibility index (Phi) is 2.42. The van der Waals surface area contributed by atoms with Crippen LogP contribution in [0.5, 0.6) is 0 Å². The third-order valence-corrected chi connectivity index (χ3v) is 3.16. The Morgan fingerprint density at radius 3 is 2.17 bits per heavy atom. The van der Waals surface area contributed by atoms with Crippen LogP contribution in [0.4, 0.5) is 0 Å². The first-order chi connectivity index (χ1) is 5.48. The van der Waals surface area contributed by atoms with Gasteiger partial charge < -0.3 is 10.0 Å². The molecule has 1 rings (SSSR count). The van der Waals surface area contributed by atoms with E-state index < -0.39 is 5.60 Å². The van der Waals surface area contributed by atoms with Crippen molar-refractivity contribution in [1.29, 1.82) is 0 Å². The van der Waals surface area contributed by atoms with Crippen molar-refractivity contribution in [3.05, 3.63) is 0 Å². The van der Waals surface area contributed by atoms with E-state index >= 15 is 0 Å². The summed E-state index contributed by atoms with van der Waals surface area (Å²) in [6, 6.07) is 0. The maximum atomic E-state index is 10.5. The van der Waals surface area contributed by atoms with Crippen molar-refractivity contribution >= 4 is 6.41 Å². The van der Waals surface area contributed by atoms with Crippen molar-refractivity contribution in [2.45, 2.75) is 26.4 Å². The van der Waals surface area contributed by atoms with Gasteiger partial charge >= 0.3 is 0 Å². The number of hydrogen-bond acceptors (Lipinski definition) is 2. The van der Waals surface area contributed by atoms with Crippen LogP contribution >= 0.6 is 0 Å². The number of aliphatic hydroxyl groups is 1. The zero-order valence-corrected chi connectivity index (χ0v) is 7.95. The molecular weight excluding hydrogens is 154 g/mol. The Balaban J connectivity index is 2.70. The largest absolute Gasteiger partial charge is 0.389 e. The Labute approximate surface area is 73.4 Å². The second-order valence-corrected chi connectivity index (χ2v) is 4.09. The maximum absolute atomic E-state index is 10.5. The van der Waals surface area contributed by atoms with Gasteiger partial charge in [0.25, 0.3) is 0 Å². The van der Waals surface area contributed by atoms with Crippen molar-refractivity contribution < 1.29 is 9.90 Å². The highest BCUT2D eigenvalue weighted by Crippen LogP contribution is 2.31. The zero-order chi connectivity index (χ0) is 9.35. The smallest absolute Gasteiger partial charge is 0.209 e. The molecule has 0 bridgehead atoms. The first-order valence-corrected chi connectivity index (χ1v) is 4.40. The van der Waals surface area contributed by atoms with Gasteiger partial charge in [-0.2, -0.15) is 0 Å². The summed E-state index contributed by atoms with van der Waals surface area (Å²) < 4.78 is 0. The maximum Gasteiger partial charge on any atom is 0.209 e. The van der Waals surface area contributed by atoms with Crippen LogP contribution in [0.25, 0.3) is 0 Å². The Bertz CT molecular complexity index is 165. The predicted molar refractivity (Wildman–Crippen MR) is 46.6 cm³/mol. The molecule has 3 heteroatoms. The molecule has 12 heavy (non-hydrogen) atoms. The van der Waals surface area contributed by atoms with Gasteiger partial charge in [-0.15, -0.1) is 0 Å². The molecule has 70 valence electrons. The number of amides is 1. The van der Waals surface area contributed by atoms with Gasteiger partial charge in [0.2, 0.25) is 6.41 Å². The van der Waals surface area contributed by atoms with Crippen molar-refractivity contribution in [2.24, 2.45) is 11.8 Å². The van der Waals surface area contributed by atoms with Crippen molar-refractivity contribution in [2.75, 3.05) is 13.1 Å². The lowest BCUT2D eigenvalue weighted by Gasteiger charge is -2.44. The Morgan fingerprint density at radius 2 is 1.83 bits per heavy atom. The molecule has 0 aromatic heterocycles. The molecule has 1 saturated heterocycles. The van der Waals surface area contributed by atoms with Gasteiger partial charge in [-0.25, -0.2) is 0 Å². The fourth-order valence-corrected chi connectivity index (χ4v) is 1.72. The lowest BCUT2D eigenvalue weighted by atomic mass is 9.77. The highest BCUT2D eigenvalue weighted by Gasteiger charge is 2.39. The number of likely N-dealkylation sites (tertiary alicyclic amines) is 1. The van der Waals surface area contributed by atoms with Crippen LogP contribution in [0.3, 0.4) is 0 Å². The second-order valence-electron chi connectivity index (χ2n) is 4.09. The van der Waals surface area contributed by atoms with Crippen LogP contribution in [0, 0.1) is 11.8 Å². The molecule has 0 saturated carbocycles. The molecule has 1 amide bonds. The van der Waals surface area contributed by atoms with Crippen LogP contribution < -0.4 is 0 Å². The fourth-order valence-electron chi connectivity index (χ4n) is 1.72. The minimum atomic E-state index is -0.625. The fraction of sp³-hybridized carbons (Fsp3) is 0.889. The van der Waals surface area contributed by atoms with E-state index in [4.69, 9.17) is 0 Å². The van der Waals surface area contributed by atoms with Crippen molar-refractivity contribution in [3.8, 4) is 0 Å². The molecule has 1 aliphatic rings. The van der Waals surface area contributed by atoms with Gasteiger partial charge in [-0.3, -0.25) is 4.79 Å². The van der Waals surface area contributed by atoms with Crippen molar-refractivity contribution in [1.82, 2.24) is 4.90 Å². The van der Waals surface area contributed by atoms with Crippen LogP contribution in [0.2, 0.25) is 0 Å². The third-order valence-electron chi connectivity index (χ3n) is 3.16. The topological polar surface area (TPSA) is 40.5 Å². The second kappa shape index (κ2) is 3.05. The van der Waals surface area contributed by atoms with Gasteiger partial charge in [0.05, 0.1) is 5.60 Å². The molecule has 0 aromatic carbocycles. The van der Waals surface area contributed by atoms with E-state index in [1.165, 1.54) is 0 Å². The standard InChI is InChI=1S/C9H17NO2/c1-7-4-10(6-11)5-8(2)9(7,3)12/h6-8,12H,4-5H2,1-3H3/t7-,8+,9-. The molecule has 1 fully saturated rings. The van der Waals surface area contributed by atoms with E-state index in [1.54, 1.807) is 4.90 Å². The number of carbonyl (C=O) groups is 1. The highest BCUT2D eigenvalue weighted by molar-refractivity contribution is 5.47. The van der Waals surface area contributed by atoms with Gasteiger partial charge in [-0.05, 0) is 6.92 Å². The van der Waals surface area contributed by atoms with Gasteiger partial charge in [0.1, 0.15) is 0 Å². The summed E-state index contributed by atoms with van der Waals surface area (Å²) in [5, 5.41) is 9.98. The number of nitrogens with zero attached hydrogens (tertiary/aromatic N) is 1. The average molecular weight is 171 g/mol. The van der Waals surface area contributed by atoms with Gasteiger partial charge in [0.15, 0.2) is 0 Å². The average Bonchev–Trinajstić information content (AvgIpc) is 2.00. The number of piperidine rings is 1. The van der Waals surface area contributed by atoms with Crippen molar-refractivity contribution in [3.63, 3.8) is 0 Å². The molecule has 1 N–H and O–H groups in total. The Morgan fingerprint density at radius 1 is 1.42 bits per heavy atom. The lowest BCUT2D eigenvalue weighted by Crippen LogP contribution is -2.54. The minimum Gasteiger partial charge on any atom is -0.389 e. The summed E-state index contributed by atoms with van der Waals surface area (Å²) in [4.78, 5) is 12.2. The third kappa shape index (κ3) is 1.46. The van der Waals surface area contributed by atoms with E-state index in [0.717, 1.165) is 6.41 Å². The molecule has 3 atom stereocenters. The summed E-state index contributed by atoms with van der Waals surface area (Å²) in [6.07, 6.45) is 0.863.